The van der Waals surface area contributed by atoms with E-state index in [1.165, 1.54) is 6.07 Å². The Hall–Kier alpha value is -1.40. The maximum absolute atomic E-state index is 13.8. The number of aryl methyl sites for hydroxylation is 3. The Balaban J connectivity index is 1.97. The molecule has 0 unspecified atom stereocenters. The van der Waals surface area contributed by atoms with E-state index in [9.17, 15) is 4.39 Å². The minimum atomic E-state index is -0.300. The fourth-order valence-corrected chi connectivity index (χ4v) is 2.90. The van der Waals surface area contributed by atoms with Gasteiger partial charge in [0.05, 0.1) is 27.6 Å². The van der Waals surface area contributed by atoms with Gasteiger partial charge >= 0.3 is 0 Å². The van der Waals surface area contributed by atoms with E-state index in [1.54, 1.807) is 10.7 Å². The van der Waals surface area contributed by atoms with Gasteiger partial charge in [0, 0.05) is 25.9 Å². The maximum atomic E-state index is 13.8. The van der Waals surface area contributed by atoms with Crippen LogP contribution in [-0.2, 0) is 25.9 Å². The summed E-state index contributed by atoms with van der Waals surface area (Å²) in [7, 11) is 1.88. The molecule has 0 fully saturated rings. The fraction of sp³-hybridized carbons (Fsp3) is 0.286. The molecule has 7 heteroatoms. The second-order valence-corrected chi connectivity index (χ2v) is 5.96. The second-order valence-electron chi connectivity index (χ2n) is 4.84. The molecule has 0 amide bonds. The normalized spacial score (nSPS) is 11.4. The molecule has 0 radical (unpaired) electrons. The standard InChI is InChI=1S/C14H13BrClFN4/c1-20-8-9(7-18-20)2-3-21-13-5-11(17)10(15)4-12(13)19-14(21)6-16/h4-5,7-8H,2-3,6H2,1H3. The van der Waals surface area contributed by atoms with Gasteiger partial charge in [0.1, 0.15) is 11.6 Å². The van der Waals surface area contributed by atoms with Gasteiger partial charge in [-0.05, 0) is 34.0 Å². The number of alkyl halides is 1. The Morgan fingerprint density at radius 2 is 2.19 bits per heavy atom. The van der Waals surface area contributed by atoms with Crippen LogP contribution in [0.15, 0.2) is 29.0 Å². The number of rotatable bonds is 4. The summed E-state index contributed by atoms with van der Waals surface area (Å²) in [6, 6.07) is 3.17. The SMILES string of the molecule is Cn1cc(CCn2c(CCl)nc3cc(Br)c(F)cc32)cn1. The Kier molecular flexibility index (Phi) is 3.99. The highest BCUT2D eigenvalue weighted by atomic mass is 79.9. The zero-order valence-electron chi connectivity index (χ0n) is 11.4. The van der Waals surface area contributed by atoms with E-state index < -0.39 is 0 Å². The Morgan fingerprint density at radius 1 is 1.38 bits per heavy atom. The van der Waals surface area contributed by atoms with Crippen LogP contribution in [-0.4, -0.2) is 19.3 Å². The number of imidazole rings is 1. The third-order valence-electron chi connectivity index (χ3n) is 3.37. The zero-order valence-corrected chi connectivity index (χ0v) is 13.7. The van der Waals surface area contributed by atoms with Gasteiger partial charge in [-0.2, -0.15) is 5.10 Å². The van der Waals surface area contributed by atoms with Crippen LogP contribution in [0.2, 0.25) is 0 Å². The van der Waals surface area contributed by atoms with E-state index >= 15 is 0 Å². The van der Waals surface area contributed by atoms with E-state index in [1.807, 2.05) is 24.0 Å². The average molecular weight is 372 g/mol. The van der Waals surface area contributed by atoms with Crippen molar-refractivity contribution in [3.8, 4) is 0 Å². The quantitative estimate of drug-likeness (QED) is 0.656. The molecule has 0 aliphatic carbocycles. The van der Waals surface area contributed by atoms with Crippen molar-refractivity contribution in [1.82, 2.24) is 19.3 Å². The molecule has 0 aliphatic heterocycles. The molecule has 1 aromatic carbocycles. The Bertz CT molecular complexity index is 796. The molecule has 2 heterocycles. The Morgan fingerprint density at radius 3 is 2.86 bits per heavy atom. The predicted octanol–water partition coefficient (Wildman–Crippen LogP) is 3.65. The number of hydrogen-bond acceptors (Lipinski definition) is 2. The first kappa shape index (κ1) is 14.5. The Labute approximate surface area is 134 Å². The van der Waals surface area contributed by atoms with Crippen molar-refractivity contribution in [2.75, 3.05) is 0 Å². The van der Waals surface area contributed by atoms with Gasteiger partial charge in [-0.3, -0.25) is 4.68 Å². The number of benzene rings is 1. The lowest BCUT2D eigenvalue weighted by Crippen LogP contribution is -2.05. The summed E-state index contributed by atoms with van der Waals surface area (Å²) >= 11 is 9.15. The largest absolute Gasteiger partial charge is 0.327 e. The lowest BCUT2D eigenvalue weighted by atomic mass is 10.2. The minimum Gasteiger partial charge on any atom is -0.327 e. The predicted molar refractivity (Wildman–Crippen MR) is 83.9 cm³/mol. The van der Waals surface area contributed by atoms with Gasteiger partial charge in [0.2, 0.25) is 0 Å². The highest BCUT2D eigenvalue weighted by molar-refractivity contribution is 9.10. The van der Waals surface area contributed by atoms with Gasteiger partial charge < -0.3 is 4.57 Å². The molecule has 3 aromatic rings. The molecule has 3 rings (SSSR count). The third-order valence-corrected chi connectivity index (χ3v) is 4.22. The first-order valence-corrected chi connectivity index (χ1v) is 7.79. The van der Waals surface area contributed by atoms with Crippen molar-refractivity contribution in [2.45, 2.75) is 18.8 Å². The molecule has 110 valence electrons. The maximum Gasteiger partial charge on any atom is 0.139 e. The molecule has 0 saturated heterocycles. The van der Waals surface area contributed by atoms with Crippen LogP contribution in [0.5, 0.6) is 0 Å². The summed E-state index contributed by atoms with van der Waals surface area (Å²) in [5.41, 5.74) is 2.62. The number of aromatic nitrogens is 4. The fourth-order valence-electron chi connectivity index (χ4n) is 2.36. The van der Waals surface area contributed by atoms with Crippen LogP contribution < -0.4 is 0 Å². The number of nitrogens with zero attached hydrogens (tertiary/aromatic N) is 4. The van der Waals surface area contributed by atoms with Gasteiger partial charge in [0.25, 0.3) is 0 Å². The molecular weight excluding hydrogens is 359 g/mol. The summed E-state index contributed by atoms with van der Waals surface area (Å²) in [4.78, 5) is 4.46. The van der Waals surface area contributed by atoms with E-state index in [0.717, 1.165) is 28.8 Å². The van der Waals surface area contributed by atoms with Crippen molar-refractivity contribution >= 4 is 38.6 Å². The van der Waals surface area contributed by atoms with Crippen molar-refractivity contribution in [2.24, 2.45) is 7.05 Å². The van der Waals surface area contributed by atoms with E-state index in [0.29, 0.717) is 16.9 Å². The van der Waals surface area contributed by atoms with Crippen LogP contribution in [0.1, 0.15) is 11.4 Å². The molecule has 0 bridgehead atoms. The van der Waals surface area contributed by atoms with Gasteiger partial charge in [-0.25, -0.2) is 9.37 Å². The van der Waals surface area contributed by atoms with Crippen LogP contribution in [0.25, 0.3) is 11.0 Å². The first-order valence-electron chi connectivity index (χ1n) is 6.46. The highest BCUT2D eigenvalue weighted by Gasteiger charge is 2.13. The van der Waals surface area contributed by atoms with Crippen molar-refractivity contribution in [1.29, 1.82) is 0 Å². The molecule has 21 heavy (non-hydrogen) atoms. The minimum absolute atomic E-state index is 0.293. The van der Waals surface area contributed by atoms with E-state index in [-0.39, 0.29) is 5.82 Å². The van der Waals surface area contributed by atoms with Gasteiger partial charge in [-0.15, -0.1) is 11.6 Å². The second kappa shape index (κ2) is 5.77. The lowest BCUT2D eigenvalue weighted by Gasteiger charge is -2.07. The zero-order chi connectivity index (χ0) is 15.0. The molecule has 0 saturated carbocycles. The molecular formula is C14H13BrClFN4. The first-order chi connectivity index (χ1) is 10.1. The molecule has 0 N–H and O–H groups in total. The monoisotopic (exact) mass is 370 g/mol. The van der Waals surface area contributed by atoms with Crippen LogP contribution >= 0.6 is 27.5 Å². The van der Waals surface area contributed by atoms with Crippen LogP contribution in [0, 0.1) is 5.82 Å². The number of halogens is 3. The molecule has 0 atom stereocenters. The smallest absolute Gasteiger partial charge is 0.139 e. The van der Waals surface area contributed by atoms with E-state index in [2.05, 4.69) is 26.0 Å². The summed E-state index contributed by atoms with van der Waals surface area (Å²) in [5, 5.41) is 4.15. The number of hydrogen-bond donors (Lipinski definition) is 0. The third kappa shape index (κ3) is 2.82. The molecule has 4 nitrogen and oxygen atoms in total. The van der Waals surface area contributed by atoms with Crippen molar-refractivity contribution in [3.63, 3.8) is 0 Å². The van der Waals surface area contributed by atoms with Gasteiger partial charge in [-0.1, -0.05) is 0 Å². The summed E-state index contributed by atoms with van der Waals surface area (Å²) < 4.78 is 17.9. The van der Waals surface area contributed by atoms with Crippen LogP contribution in [0.4, 0.5) is 4.39 Å². The molecule has 0 spiro atoms. The van der Waals surface area contributed by atoms with E-state index in [4.69, 9.17) is 11.6 Å². The molecule has 2 aromatic heterocycles. The number of fused-ring (bicyclic) bond motifs is 1. The summed E-state index contributed by atoms with van der Waals surface area (Å²) in [6.07, 6.45) is 4.59. The lowest BCUT2D eigenvalue weighted by molar-refractivity contribution is 0.620. The van der Waals surface area contributed by atoms with Gasteiger partial charge in [0.15, 0.2) is 0 Å². The topological polar surface area (TPSA) is 35.6 Å². The average Bonchev–Trinajstić information content (AvgIpc) is 3.01. The summed E-state index contributed by atoms with van der Waals surface area (Å²) in [6.45, 7) is 0.686. The van der Waals surface area contributed by atoms with Crippen molar-refractivity contribution in [3.05, 3.63) is 46.2 Å². The molecule has 0 aliphatic rings. The van der Waals surface area contributed by atoms with Crippen LogP contribution in [0.3, 0.4) is 0 Å². The van der Waals surface area contributed by atoms with Crippen molar-refractivity contribution < 1.29 is 4.39 Å². The summed E-state index contributed by atoms with van der Waals surface area (Å²) in [5.74, 6) is 0.736. The highest BCUT2D eigenvalue weighted by Crippen LogP contribution is 2.25.